The van der Waals surface area contributed by atoms with E-state index in [1.54, 1.807) is 6.92 Å². The van der Waals surface area contributed by atoms with Gasteiger partial charge < -0.3 is 15.7 Å². The van der Waals surface area contributed by atoms with E-state index in [4.69, 9.17) is 15.7 Å². The van der Waals surface area contributed by atoms with Crippen molar-refractivity contribution in [1.82, 2.24) is 0 Å². The van der Waals surface area contributed by atoms with Crippen LogP contribution in [0.2, 0.25) is 0 Å². The molecule has 21 heavy (non-hydrogen) atoms. The fraction of sp³-hybridized carbons (Fsp3) is 0.364. The lowest BCUT2D eigenvalue weighted by Gasteiger charge is -2.19. The van der Waals surface area contributed by atoms with Crippen LogP contribution in [0.4, 0.5) is 18.9 Å². The van der Waals surface area contributed by atoms with E-state index in [-0.39, 0.29) is 5.75 Å². The zero-order chi connectivity index (χ0) is 16.2. The Hall–Kier alpha value is -2.52. The molecule has 1 rings (SSSR count). The Morgan fingerprint density at radius 3 is 2.67 bits per heavy atom. The van der Waals surface area contributed by atoms with Crippen molar-refractivity contribution < 1.29 is 28.0 Å². The van der Waals surface area contributed by atoms with Crippen LogP contribution in [0.25, 0.3) is 0 Å². The number of nitro benzene ring substituents is 1. The molecule has 0 bridgehead atoms. The van der Waals surface area contributed by atoms with Gasteiger partial charge in [-0.3, -0.25) is 10.1 Å². The number of nitrogens with two attached hydrogens (primary N) is 1. The minimum atomic E-state index is -4.81. The number of hydrogen-bond acceptors (Lipinski definition) is 5. The average molecular weight is 307 g/mol. The van der Waals surface area contributed by atoms with Crippen molar-refractivity contribution in [2.45, 2.75) is 13.1 Å². The molecule has 0 aliphatic rings. The second kappa shape index (κ2) is 6.29. The summed E-state index contributed by atoms with van der Waals surface area (Å²) in [6.45, 7) is 0.551. The number of hydrogen-bond donors (Lipinski definition) is 2. The lowest BCUT2D eigenvalue weighted by atomic mass is 10.1. The standard InChI is InChI=1S/C11H12F3N3O4/c1-6-2-3-9(8(4-6)17(19)20)21-5-7(10(15)16-18)11(12,13)14/h2-4,7,18H,5H2,1H3,(H2,15,16). The van der Waals surface area contributed by atoms with E-state index >= 15 is 0 Å². The van der Waals surface area contributed by atoms with Gasteiger partial charge in [0.05, 0.1) is 4.92 Å². The van der Waals surface area contributed by atoms with Gasteiger partial charge >= 0.3 is 11.9 Å². The topological polar surface area (TPSA) is 111 Å². The molecular formula is C11H12F3N3O4. The van der Waals surface area contributed by atoms with E-state index in [9.17, 15) is 23.3 Å². The highest BCUT2D eigenvalue weighted by atomic mass is 19.4. The van der Waals surface area contributed by atoms with Gasteiger partial charge in [0.2, 0.25) is 0 Å². The molecule has 0 aromatic heterocycles. The molecule has 7 nitrogen and oxygen atoms in total. The Morgan fingerprint density at radius 2 is 2.19 bits per heavy atom. The number of oxime groups is 1. The molecule has 116 valence electrons. The Labute approximate surface area is 117 Å². The van der Waals surface area contributed by atoms with Gasteiger partial charge in [-0.15, -0.1) is 0 Å². The predicted molar refractivity (Wildman–Crippen MR) is 66.3 cm³/mol. The summed E-state index contributed by atoms with van der Waals surface area (Å²) < 4.78 is 42.9. The van der Waals surface area contributed by atoms with E-state index in [0.717, 1.165) is 0 Å². The fourth-order valence-corrected chi connectivity index (χ4v) is 1.48. The SMILES string of the molecule is Cc1ccc(OCC(/C(N)=N/O)C(F)(F)F)c([N+](=O)[O-])c1. The normalized spacial score (nSPS) is 13.8. The van der Waals surface area contributed by atoms with Crippen molar-refractivity contribution in [2.75, 3.05) is 6.61 Å². The number of alkyl halides is 3. The van der Waals surface area contributed by atoms with Crippen LogP contribution in [-0.4, -0.2) is 28.7 Å². The average Bonchev–Trinajstić information content (AvgIpc) is 2.38. The quantitative estimate of drug-likeness (QED) is 0.285. The lowest BCUT2D eigenvalue weighted by molar-refractivity contribution is -0.386. The van der Waals surface area contributed by atoms with Crippen LogP contribution in [0.3, 0.4) is 0 Å². The molecule has 10 heteroatoms. The number of rotatable bonds is 5. The van der Waals surface area contributed by atoms with Gasteiger partial charge in [0.15, 0.2) is 11.6 Å². The van der Waals surface area contributed by atoms with E-state index in [0.29, 0.717) is 5.56 Å². The summed E-state index contributed by atoms with van der Waals surface area (Å²) in [5.74, 6) is -3.79. The molecule has 0 radical (unpaired) electrons. The third-order valence-electron chi connectivity index (χ3n) is 2.58. The number of halogens is 3. The van der Waals surface area contributed by atoms with Crippen LogP contribution in [-0.2, 0) is 0 Å². The maximum absolute atomic E-state index is 12.7. The van der Waals surface area contributed by atoms with Gasteiger partial charge in [-0.2, -0.15) is 13.2 Å². The zero-order valence-electron chi connectivity index (χ0n) is 10.8. The third-order valence-corrected chi connectivity index (χ3v) is 2.58. The highest BCUT2D eigenvalue weighted by molar-refractivity contribution is 5.83. The van der Waals surface area contributed by atoms with E-state index in [2.05, 4.69) is 5.16 Å². The molecular weight excluding hydrogens is 295 g/mol. The first-order valence-corrected chi connectivity index (χ1v) is 5.58. The molecule has 0 aliphatic carbocycles. The van der Waals surface area contributed by atoms with Crippen LogP contribution in [0, 0.1) is 23.0 Å². The number of nitrogens with zero attached hydrogens (tertiary/aromatic N) is 2. The summed E-state index contributed by atoms with van der Waals surface area (Å²) in [6.07, 6.45) is -4.81. The van der Waals surface area contributed by atoms with Crippen LogP contribution in [0.15, 0.2) is 23.4 Å². The van der Waals surface area contributed by atoms with Gasteiger partial charge in [0, 0.05) is 6.07 Å². The van der Waals surface area contributed by atoms with Crippen LogP contribution < -0.4 is 10.5 Å². The van der Waals surface area contributed by atoms with Crippen molar-refractivity contribution in [3.8, 4) is 5.75 Å². The predicted octanol–water partition coefficient (Wildman–Crippen LogP) is 2.21. The fourth-order valence-electron chi connectivity index (χ4n) is 1.48. The Kier molecular flexibility index (Phi) is 4.95. The number of ether oxygens (including phenoxy) is 1. The van der Waals surface area contributed by atoms with Crippen molar-refractivity contribution in [3.63, 3.8) is 0 Å². The first-order chi connectivity index (χ1) is 9.66. The molecule has 1 aromatic carbocycles. The summed E-state index contributed by atoms with van der Waals surface area (Å²) in [7, 11) is 0. The number of amidine groups is 1. The molecule has 1 aromatic rings. The summed E-state index contributed by atoms with van der Waals surface area (Å²) in [4.78, 5) is 10.1. The van der Waals surface area contributed by atoms with Gasteiger partial charge in [0.1, 0.15) is 12.5 Å². The first-order valence-electron chi connectivity index (χ1n) is 5.58. The third kappa shape index (κ3) is 4.23. The van der Waals surface area contributed by atoms with Gasteiger partial charge in [-0.05, 0) is 18.6 Å². The van der Waals surface area contributed by atoms with Crippen LogP contribution in [0.1, 0.15) is 5.56 Å². The van der Waals surface area contributed by atoms with E-state index in [1.807, 2.05) is 0 Å². The molecule has 0 spiro atoms. The highest BCUT2D eigenvalue weighted by Gasteiger charge is 2.43. The molecule has 0 aliphatic heterocycles. The monoisotopic (exact) mass is 307 g/mol. The van der Waals surface area contributed by atoms with Crippen LogP contribution in [0.5, 0.6) is 5.75 Å². The van der Waals surface area contributed by atoms with Crippen molar-refractivity contribution >= 4 is 11.5 Å². The molecule has 3 N–H and O–H groups in total. The van der Waals surface area contributed by atoms with Crippen molar-refractivity contribution in [3.05, 3.63) is 33.9 Å². The van der Waals surface area contributed by atoms with Crippen LogP contribution >= 0.6 is 0 Å². The smallest absolute Gasteiger partial charge is 0.402 e. The highest BCUT2D eigenvalue weighted by Crippen LogP contribution is 2.31. The summed E-state index contributed by atoms with van der Waals surface area (Å²) in [5, 5.41) is 21.5. The van der Waals surface area contributed by atoms with E-state index < -0.39 is 35.1 Å². The Bertz CT molecular complexity index is 560. The van der Waals surface area contributed by atoms with Crippen molar-refractivity contribution in [2.24, 2.45) is 16.8 Å². The van der Waals surface area contributed by atoms with Gasteiger partial charge in [-0.25, -0.2) is 0 Å². The second-order valence-corrected chi connectivity index (χ2v) is 4.16. The van der Waals surface area contributed by atoms with Gasteiger partial charge in [-0.1, -0.05) is 11.2 Å². The molecule has 1 unspecified atom stereocenters. The maximum atomic E-state index is 12.7. The zero-order valence-corrected chi connectivity index (χ0v) is 10.8. The largest absolute Gasteiger partial charge is 0.486 e. The molecule has 0 fully saturated rings. The number of nitro groups is 1. The Morgan fingerprint density at radius 1 is 1.57 bits per heavy atom. The molecule has 0 heterocycles. The maximum Gasteiger partial charge on any atom is 0.402 e. The lowest BCUT2D eigenvalue weighted by Crippen LogP contribution is -2.40. The summed E-state index contributed by atoms with van der Waals surface area (Å²) in [5.41, 5.74) is 5.05. The molecule has 0 amide bonds. The second-order valence-electron chi connectivity index (χ2n) is 4.16. The summed E-state index contributed by atoms with van der Waals surface area (Å²) >= 11 is 0. The van der Waals surface area contributed by atoms with Gasteiger partial charge in [0.25, 0.3) is 0 Å². The first kappa shape index (κ1) is 16.5. The minimum Gasteiger partial charge on any atom is -0.486 e. The minimum absolute atomic E-state index is 0.328. The molecule has 1 atom stereocenters. The number of benzene rings is 1. The molecule has 0 saturated carbocycles. The number of aryl methyl sites for hydroxylation is 1. The molecule has 0 saturated heterocycles. The summed E-state index contributed by atoms with van der Waals surface area (Å²) in [6, 6.07) is 3.81. The van der Waals surface area contributed by atoms with E-state index in [1.165, 1.54) is 18.2 Å². The van der Waals surface area contributed by atoms with Crippen molar-refractivity contribution in [1.29, 1.82) is 0 Å². The Balaban J connectivity index is 2.99.